The molecular weight excluding hydrogens is 454 g/mol. The van der Waals surface area contributed by atoms with Gasteiger partial charge in [0.25, 0.3) is 5.91 Å². The maximum Gasteiger partial charge on any atom is 0.271 e. The zero-order chi connectivity index (χ0) is 23.0. The van der Waals surface area contributed by atoms with E-state index in [4.69, 9.17) is 11.6 Å². The third-order valence-corrected chi connectivity index (χ3v) is 8.30. The van der Waals surface area contributed by atoms with Gasteiger partial charge in [0, 0.05) is 17.6 Å². The summed E-state index contributed by atoms with van der Waals surface area (Å²) in [4.78, 5) is 29.4. The highest BCUT2D eigenvalue weighted by Crippen LogP contribution is 2.35. The van der Waals surface area contributed by atoms with E-state index in [1.54, 1.807) is 16.2 Å². The molecule has 1 atom stereocenters. The van der Waals surface area contributed by atoms with Crippen molar-refractivity contribution in [2.24, 2.45) is 0 Å². The average molecular weight is 484 g/mol. The highest BCUT2D eigenvalue weighted by Gasteiger charge is 2.48. The molecule has 2 aromatic heterocycles. The zero-order valence-corrected chi connectivity index (χ0v) is 20.6. The number of halogens is 1. The summed E-state index contributed by atoms with van der Waals surface area (Å²) in [7, 11) is 0. The molecule has 7 heteroatoms. The molecular formula is C26H30ClN3O2S. The largest absolute Gasteiger partial charge is 0.351 e. The summed E-state index contributed by atoms with van der Waals surface area (Å²) in [5.41, 5.74) is 1.59. The minimum atomic E-state index is -0.997. The van der Waals surface area contributed by atoms with Crippen molar-refractivity contribution >= 4 is 45.0 Å². The number of aromatic nitrogens is 1. The molecule has 5 rings (SSSR count). The van der Waals surface area contributed by atoms with Crippen LogP contribution < -0.4 is 5.32 Å². The van der Waals surface area contributed by atoms with Crippen LogP contribution in [-0.2, 0) is 17.9 Å². The van der Waals surface area contributed by atoms with Crippen molar-refractivity contribution < 1.29 is 9.59 Å². The van der Waals surface area contributed by atoms with Crippen LogP contribution in [0.5, 0.6) is 0 Å². The van der Waals surface area contributed by atoms with Gasteiger partial charge < -0.3 is 14.8 Å². The molecule has 5 nitrogen and oxygen atoms in total. The Kier molecular flexibility index (Phi) is 6.23. The maximum atomic E-state index is 13.9. The summed E-state index contributed by atoms with van der Waals surface area (Å²) in [6.45, 7) is 2.69. The molecule has 1 aliphatic heterocycles. The van der Waals surface area contributed by atoms with Crippen LogP contribution in [0.3, 0.4) is 0 Å². The van der Waals surface area contributed by atoms with Crippen LogP contribution in [-0.4, -0.2) is 32.9 Å². The second-order valence-corrected chi connectivity index (χ2v) is 11.0. The second kappa shape index (κ2) is 9.15. The van der Waals surface area contributed by atoms with Gasteiger partial charge in [-0.25, -0.2) is 0 Å². The first-order chi connectivity index (χ1) is 16.0. The fourth-order valence-electron chi connectivity index (χ4n) is 5.28. The molecule has 1 unspecified atom stereocenters. The van der Waals surface area contributed by atoms with E-state index < -0.39 is 5.54 Å². The Morgan fingerprint density at radius 2 is 1.91 bits per heavy atom. The minimum Gasteiger partial charge on any atom is -0.351 e. The molecule has 0 spiro atoms. The van der Waals surface area contributed by atoms with Crippen molar-refractivity contribution in [2.75, 3.05) is 0 Å². The molecule has 3 heterocycles. The second-order valence-electron chi connectivity index (χ2n) is 9.60. The number of thiophene rings is 1. The first-order valence-electron chi connectivity index (χ1n) is 11.9. The van der Waals surface area contributed by atoms with Crippen molar-refractivity contribution in [3.05, 3.63) is 58.1 Å². The van der Waals surface area contributed by atoms with Gasteiger partial charge in [-0.05, 0) is 55.0 Å². The molecule has 1 N–H and O–H groups in total. The van der Waals surface area contributed by atoms with Gasteiger partial charge in [0.1, 0.15) is 11.2 Å². The summed E-state index contributed by atoms with van der Waals surface area (Å²) >= 11 is 7.85. The van der Waals surface area contributed by atoms with E-state index in [0.29, 0.717) is 23.8 Å². The molecule has 0 bridgehead atoms. The molecule has 174 valence electrons. The highest BCUT2D eigenvalue weighted by atomic mass is 35.5. The van der Waals surface area contributed by atoms with Crippen LogP contribution >= 0.6 is 22.9 Å². The standard InChI is InChI=1S/C26H30ClN3O2S/c1-26(25(32)28-20-10-5-3-2-4-6-11-20)17-29-21-12-13-33-23(21)15-22(29)24(31)30(26)16-18-8-7-9-19(27)14-18/h7-9,12-15,20H,2-6,10-11,16-17H2,1H3,(H,28,32). The molecule has 2 amide bonds. The minimum absolute atomic E-state index is 0.0637. The molecule has 1 saturated carbocycles. The molecule has 1 aromatic carbocycles. The molecule has 0 radical (unpaired) electrons. The van der Waals surface area contributed by atoms with Gasteiger partial charge in [0.05, 0.1) is 16.8 Å². The van der Waals surface area contributed by atoms with E-state index in [-0.39, 0.29) is 17.9 Å². The normalized spacial score (nSPS) is 22.1. The van der Waals surface area contributed by atoms with Gasteiger partial charge >= 0.3 is 0 Å². The van der Waals surface area contributed by atoms with Crippen molar-refractivity contribution in [3.8, 4) is 0 Å². The Morgan fingerprint density at radius 3 is 2.67 bits per heavy atom. The van der Waals surface area contributed by atoms with Gasteiger partial charge in [0.15, 0.2) is 0 Å². The third-order valence-electron chi connectivity index (χ3n) is 7.21. The number of fused-ring (bicyclic) bond motifs is 3. The molecule has 33 heavy (non-hydrogen) atoms. The lowest BCUT2D eigenvalue weighted by Crippen LogP contribution is -2.64. The van der Waals surface area contributed by atoms with E-state index in [2.05, 4.69) is 5.32 Å². The fraction of sp³-hybridized carbons (Fsp3) is 0.462. The highest BCUT2D eigenvalue weighted by molar-refractivity contribution is 7.17. The van der Waals surface area contributed by atoms with Crippen LogP contribution in [0.1, 0.15) is 67.9 Å². The van der Waals surface area contributed by atoms with Crippen molar-refractivity contribution in [1.82, 2.24) is 14.8 Å². The summed E-state index contributed by atoms with van der Waals surface area (Å²) in [6.07, 6.45) is 8.04. The summed E-state index contributed by atoms with van der Waals surface area (Å²) < 4.78 is 3.10. The number of benzene rings is 1. The van der Waals surface area contributed by atoms with Crippen LogP contribution in [0.4, 0.5) is 0 Å². The Morgan fingerprint density at radius 1 is 1.15 bits per heavy atom. The van der Waals surface area contributed by atoms with Crippen molar-refractivity contribution in [1.29, 1.82) is 0 Å². The van der Waals surface area contributed by atoms with Crippen LogP contribution in [0.15, 0.2) is 41.8 Å². The van der Waals surface area contributed by atoms with Gasteiger partial charge in [-0.15, -0.1) is 11.3 Å². The van der Waals surface area contributed by atoms with Gasteiger partial charge in [0.2, 0.25) is 5.91 Å². The Hall–Kier alpha value is -2.31. The Balaban J connectivity index is 1.50. The van der Waals surface area contributed by atoms with Crippen LogP contribution in [0, 0.1) is 0 Å². The first kappa shape index (κ1) is 22.5. The number of nitrogens with one attached hydrogen (secondary N) is 1. The number of hydrogen-bond donors (Lipinski definition) is 1. The number of hydrogen-bond acceptors (Lipinski definition) is 3. The monoisotopic (exact) mass is 483 g/mol. The van der Waals surface area contributed by atoms with E-state index >= 15 is 0 Å². The molecule has 2 aliphatic rings. The van der Waals surface area contributed by atoms with E-state index in [1.165, 1.54) is 19.3 Å². The number of carbonyl (C=O) groups excluding carboxylic acids is 2. The zero-order valence-electron chi connectivity index (χ0n) is 19.0. The van der Waals surface area contributed by atoms with Crippen molar-refractivity contribution in [2.45, 2.75) is 76.5 Å². The van der Waals surface area contributed by atoms with Crippen LogP contribution in [0.2, 0.25) is 5.02 Å². The molecule has 3 aromatic rings. The summed E-state index contributed by atoms with van der Waals surface area (Å²) in [6, 6.07) is 11.7. The number of amides is 2. The van der Waals surface area contributed by atoms with Gasteiger partial charge in [-0.1, -0.05) is 55.8 Å². The summed E-state index contributed by atoms with van der Waals surface area (Å²) in [5.74, 6) is -0.175. The SMILES string of the molecule is CC1(C(=O)NC2CCCCCCC2)Cn2c(cc3sccc32)C(=O)N1Cc1cccc(Cl)c1. The van der Waals surface area contributed by atoms with Crippen molar-refractivity contribution in [3.63, 3.8) is 0 Å². The predicted molar refractivity (Wildman–Crippen MR) is 134 cm³/mol. The Labute approximate surface area is 203 Å². The average Bonchev–Trinajstić information content (AvgIpc) is 3.35. The molecule has 0 saturated heterocycles. The van der Waals surface area contributed by atoms with Gasteiger partial charge in [-0.3, -0.25) is 9.59 Å². The predicted octanol–water partition coefficient (Wildman–Crippen LogP) is 6.00. The van der Waals surface area contributed by atoms with E-state index in [0.717, 1.165) is 41.5 Å². The lowest BCUT2D eigenvalue weighted by molar-refractivity contribution is -0.134. The quantitative estimate of drug-likeness (QED) is 0.494. The molecule has 1 fully saturated rings. The number of rotatable bonds is 4. The number of nitrogens with zero attached hydrogens (tertiary/aromatic N) is 2. The lowest BCUT2D eigenvalue weighted by atomic mass is 9.91. The molecule has 1 aliphatic carbocycles. The first-order valence-corrected chi connectivity index (χ1v) is 13.2. The lowest BCUT2D eigenvalue weighted by Gasteiger charge is -2.44. The smallest absolute Gasteiger partial charge is 0.271 e. The number of carbonyl (C=O) groups is 2. The topological polar surface area (TPSA) is 54.3 Å². The Bertz CT molecular complexity index is 1180. The van der Waals surface area contributed by atoms with E-state index in [9.17, 15) is 9.59 Å². The van der Waals surface area contributed by atoms with E-state index in [1.807, 2.05) is 53.3 Å². The summed E-state index contributed by atoms with van der Waals surface area (Å²) in [5, 5.41) is 6.00. The van der Waals surface area contributed by atoms with Crippen LogP contribution in [0.25, 0.3) is 10.2 Å². The fourth-order valence-corrected chi connectivity index (χ4v) is 6.32. The van der Waals surface area contributed by atoms with Gasteiger partial charge in [-0.2, -0.15) is 0 Å². The maximum absolute atomic E-state index is 13.9. The third kappa shape index (κ3) is 4.31.